The Labute approximate surface area is 111 Å². The maximum Gasteiger partial charge on any atom is 0.322 e. The molecule has 0 aliphatic heterocycles. The second-order valence-corrected chi connectivity index (χ2v) is 6.99. The van der Waals surface area contributed by atoms with Crippen LogP contribution in [-0.4, -0.2) is 24.7 Å². The fraction of sp³-hybridized carbons (Fsp3) is 0.933. The van der Waals surface area contributed by atoms with Crippen LogP contribution in [-0.2, 0) is 9.53 Å². The van der Waals surface area contributed by atoms with Crippen molar-refractivity contribution in [3.8, 4) is 0 Å². The number of ether oxygens (including phenoxy) is 1. The first-order chi connectivity index (χ1) is 8.31. The molecule has 0 aromatic heterocycles. The van der Waals surface area contributed by atoms with Crippen LogP contribution in [0.2, 0.25) is 0 Å². The molecule has 0 amide bonds. The van der Waals surface area contributed by atoms with Gasteiger partial charge in [0.15, 0.2) is 0 Å². The van der Waals surface area contributed by atoms with Crippen LogP contribution < -0.4 is 5.32 Å². The largest absolute Gasteiger partial charge is 0.465 e. The van der Waals surface area contributed by atoms with Gasteiger partial charge in [0.25, 0.3) is 0 Å². The number of carbonyl (C=O) groups is 1. The summed E-state index contributed by atoms with van der Waals surface area (Å²) < 4.78 is 5.09. The topological polar surface area (TPSA) is 38.3 Å². The average Bonchev–Trinajstić information content (AvgIpc) is 2.75. The summed E-state index contributed by atoms with van der Waals surface area (Å²) in [6.45, 7) is 11.3. The molecule has 2 rings (SSSR count). The Balaban J connectivity index is 2.07. The second-order valence-electron chi connectivity index (χ2n) is 6.99. The minimum absolute atomic E-state index is 0.125. The SMILES string of the molecule is CCOC(=O)C(C)NC1C(C)(C)[C@H]2CC[C@]1(C)C2. The Hall–Kier alpha value is -0.570. The zero-order valence-corrected chi connectivity index (χ0v) is 12.4. The molecule has 2 unspecified atom stereocenters. The van der Waals surface area contributed by atoms with Gasteiger partial charge in [-0.05, 0) is 49.9 Å². The maximum atomic E-state index is 11.8. The Bertz CT molecular complexity index is 335. The molecule has 2 aliphatic carbocycles. The van der Waals surface area contributed by atoms with Crippen molar-refractivity contribution in [1.29, 1.82) is 0 Å². The Kier molecular flexibility index (Phi) is 3.48. The number of hydrogen-bond donors (Lipinski definition) is 1. The van der Waals surface area contributed by atoms with Crippen LogP contribution in [0, 0.1) is 16.7 Å². The van der Waals surface area contributed by atoms with E-state index < -0.39 is 0 Å². The van der Waals surface area contributed by atoms with Gasteiger partial charge in [-0.3, -0.25) is 4.79 Å². The minimum Gasteiger partial charge on any atom is -0.465 e. The number of carbonyl (C=O) groups excluding carboxylic acids is 1. The van der Waals surface area contributed by atoms with E-state index in [9.17, 15) is 4.79 Å². The van der Waals surface area contributed by atoms with Crippen molar-refractivity contribution in [2.45, 2.75) is 66.0 Å². The average molecular weight is 253 g/mol. The number of esters is 1. The molecule has 0 heterocycles. The molecule has 0 radical (unpaired) electrons. The molecule has 2 aliphatic rings. The third-order valence-electron chi connectivity index (χ3n) is 5.33. The summed E-state index contributed by atoms with van der Waals surface area (Å²) >= 11 is 0. The molecular weight excluding hydrogens is 226 g/mol. The summed E-state index contributed by atoms with van der Waals surface area (Å²) in [7, 11) is 0. The molecule has 4 atom stereocenters. The van der Waals surface area contributed by atoms with E-state index in [1.165, 1.54) is 19.3 Å². The van der Waals surface area contributed by atoms with Crippen LogP contribution in [0.4, 0.5) is 0 Å². The summed E-state index contributed by atoms with van der Waals surface area (Å²) in [5.41, 5.74) is 0.642. The van der Waals surface area contributed by atoms with E-state index in [0.29, 0.717) is 18.1 Å². The van der Waals surface area contributed by atoms with Gasteiger partial charge >= 0.3 is 5.97 Å². The molecule has 2 fully saturated rings. The van der Waals surface area contributed by atoms with Gasteiger partial charge in [0.2, 0.25) is 0 Å². The Morgan fingerprint density at radius 2 is 2.11 bits per heavy atom. The van der Waals surface area contributed by atoms with E-state index in [1.807, 2.05) is 13.8 Å². The highest BCUT2D eigenvalue weighted by molar-refractivity contribution is 5.75. The van der Waals surface area contributed by atoms with Crippen molar-refractivity contribution >= 4 is 5.97 Å². The summed E-state index contributed by atoms with van der Waals surface area (Å²) in [6.07, 6.45) is 3.93. The third-order valence-corrected chi connectivity index (χ3v) is 5.33. The molecule has 104 valence electrons. The smallest absolute Gasteiger partial charge is 0.322 e. The van der Waals surface area contributed by atoms with Crippen LogP contribution in [0.15, 0.2) is 0 Å². The van der Waals surface area contributed by atoms with Gasteiger partial charge < -0.3 is 10.1 Å². The molecule has 2 saturated carbocycles. The van der Waals surface area contributed by atoms with E-state index in [-0.39, 0.29) is 17.4 Å². The van der Waals surface area contributed by atoms with E-state index in [2.05, 4.69) is 26.1 Å². The number of nitrogens with one attached hydrogen (secondary N) is 1. The third kappa shape index (κ3) is 2.07. The van der Waals surface area contributed by atoms with Gasteiger partial charge in [-0.1, -0.05) is 20.8 Å². The molecule has 0 spiro atoms. The standard InChI is InChI=1S/C15H27NO2/c1-6-18-12(17)10(2)16-13-14(3,4)11-7-8-15(13,5)9-11/h10-11,13,16H,6-9H2,1-5H3/t10?,11-,13?,15+/m0/s1. The van der Waals surface area contributed by atoms with Gasteiger partial charge in [0, 0.05) is 6.04 Å². The number of rotatable bonds is 4. The molecular formula is C15H27NO2. The van der Waals surface area contributed by atoms with E-state index >= 15 is 0 Å². The van der Waals surface area contributed by atoms with Crippen LogP contribution in [0.25, 0.3) is 0 Å². The zero-order valence-electron chi connectivity index (χ0n) is 12.4. The fourth-order valence-corrected chi connectivity index (χ4v) is 4.30. The molecule has 3 heteroatoms. The van der Waals surface area contributed by atoms with Crippen molar-refractivity contribution in [1.82, 2.24) is 5.32 Å². The normalized spacial score (nSPS) is 38.7. The highest BCUT2D eigenvalue weighted by atomic mass is 16.5. The van der Waals surface area contributed by atoms with E-state index in [4.69, 9.17) is 4.74 Å². The first kappa shape index (κ1) is 13.9. The molecule has 18 heavy (non-hydrogen) atoms. The van der Waals surface area contributed by atoms with Crippen molar-refractivity contribution < 1.29 is 9.53 Å². The quantitative estimate of drug-likeness (QED) is 0.783. The predicted octanol–water partition coefficient (Wildman–Crippen LogP) is 2.74. The second kappa shape index (κ2) is 4.52. The molecule has 0 saturated heterocycles. The minimum atomic E-state index is -0.203. The predicted molar refractivity (Wildman–Crippen MR) is 72.2 cm³/mol. The van der Waals surface area contributed by atoms with Crippen LogP contribution in [0.1, 0.15) is 53.9 Å². The number of hydrogen-bond acceptors (Lipinski definition) is 3. The lowest BCUT2D eigenvalue weighted by Crippen LogP contribution is -2.55. The lowest BCUT2D eigenvalue weighted by Gasteiger charge is -2.44. The van der Waals surface area contributed by atoms with Gasteiger partial charge in [-0.15, -0.1) is 0 Å². The molecule has 0 aromatic rings. The first-order valence-electron chi connectivity index (χ1n) is 7.24. The highest BCUT2D eigenvalue weighted by Crippen LogP contribution is 2.62. The van der Waals surface area contributed by atoms with Crippen molar-refractivity contribution in [3.05, 3.63) is 0 Å². The highest BCUT2D eigenvalue weighted by Gasteiger charge is 2.59. The Morgan fingerprint density at radius 1 is 1.44 bits per heavy atom. The van der Waals surface area contributed by atoms with Gasteiger partial charge in [-0.25, -0.2) is 0 Å². The van der Waals surface area contributed by atoms with Gasteiger partial charge in [-0.2, -0.15) is 0 Å². The zero-order chi connectivity index (χ0) is 13.6. The van der Waals surface area contributed by atoms with Gasteiger partial charge in [0.05, 0.1) is 6.61 Å². The van der Waals surface area contributed by atoms with Crippen molar-refractivity contribution in [2.75, 3.05) is 6.61 Å². The Morgan fingerprint density at radius 3 is 2.61 bits per heavy atom. The summed E-state index contributed by atoms with van der Waals surface area (Å²) in [5, 5.41) is 3.55. The summed E-state index contributed by atoms with van der Waals surface area (Å²) in [6, 6.07) is 0.216. The van der Waals surface area contributed by atoms with Crippen molar-refractivity contribution in [2.24, 2.45) is 16.7 Å². The number of fused-ring (bicyclic) bond motifs is 2. The van der Waals surface area contributed by atoms with Crippen LogP contribution >= 0.6 is 0 Å². The molecule has 0 aromatic carbocycles. The summed E-state index contributed by atoms with van der Waals surface area (Å²) in [5.74, 6) is 0.675. The lowest BCUT2D eigenvalue weighted by molar-refractivity contribution is -0.145. The van der Waals surface area contributed by atoms with Crippen molar-refractivity contribution in [3.63, 3.8) is 0 Å². The van der Waals surface area contributed by atoms with Crippen LogP contribution in [0.5, 0.6) is 0 Å². The first-order valence-corrected chi connectivity index (χ1v) is 7.24. The fourth-order valence-electron chi connectivity index (χ4n) is 4.30. The summed E-state index contributed by atoms with van der Waals surface area (Å²) in [4.78, 5) is 11.8. The van der Waals surface area contributed by atoms with Gasteiger partial charge in [0.1, 0.15) is 6.04 Å². The molecule has 2 bridgehead atoms. The van der Waals surface area contributed by atoms with E-state index in [0.717, 1.165) is 5.92 Å². The molecule has 3 nitrogen and oxygen atoms in total. The lowest BCUT2D eigenvalue weighted by atomic mass is 9.68. The van der Waals surface area contributed by atoms with E-state index in [1.54, 1.807) is 0 Å². The monoisotopic (exact) mass is 253 g/mol. The molecule has 1 N–H and O–H groups in total. The maximum absolute atomic E-state index is 11.8. The van der Waals surface area contributed by atoms with Crippen LogP contribution in [0.3, 0.4) is 0 Å².